The molecule has 0 amide bonds. The van der Waals surface area contributed by atoms with Crippen LogP contribution in [0.15, 0.2) is 29.6 Å². The molecule has 4 rings (SSSR count). The third kappa shape index (κ3) is 4.91. The lowest BCUT2D eigenvalue weighted by molar-refractivity contribution is -0.139. The van der Waals surface area contributed by atoms with Gasteiger partial charge >= 0.3 is 5.97 Å². The highest BCUT2D eigenvalue weighted by molar-refractivity contribution is 7.13. The van der Waals surface area contributed by atoms with Crippen molar-refractivity contribution in [1.29, 1.82) is 0 Å². The van der Waals surface area contributed by atoms with Crippen LogP contribution in [-0.4, -0.2) is 46.1 Å². The third-order valence-corrected chi connectivity index (χ3v) is 6.31. The fraction of sp³-hybridized carbons (Fsp3) is 0.500. The first-order valence-corrected chi connectivity index (χ1v) is 10.3. The smallest absolute Gasteiger partial charge is 0.317 e. The maximum atomic E-state index is 13.0. The Hall–Kier alpha value is -1.83. The molecule has 1 aromatic carbocycles. The predicted octanol–water partition coefficient (Wildman–Crippen LogP) is 3.37. The topological polar surface area (TPSA) is 65.5 Å². The molecule has 2 aliphatic rings. The minimum atomic E-state index is -0.733. The fourth-order valence-electron chi connectivity index (χ4n) is 3.56. The van der Waals surface area contributed by atoms with Crippen molar-refractivity contribution in [2.75, 3.05) is 13.1 Å². The minimum Gasteiger partial charge on any atom is -0.480 e. The van der Waals surface area contributed by atoms with Gasteiger partial charge in [0, 0.05) is 36.1 Å². The maximum Gasteiger partial charge on any atom is 0.317 e. The molecule has 2 aromatic rings. The van der Waals surface area contributed by atoms with Gasteiger partial charge in [0.05, 0.1) is 12.2 Å². The van der Waals surface area contributed by atoms with E-state index in [-0.39, 0.29) is 12.4 Å². The number of hydrogen-bond acceptors (Lipinski definition) is 5. The van der Waals surface area contributed by atoms with E-state index >= 15 is 0 Å². The highest BCUT2D eigenvalue weighted by Gasteiger charge is 2.36. The molecule has 0 aliphatic heterocycles. The summed E-state index contributed by atoms with van der Waals surface area (Å²) >= 11 is 1.56. The van der Waals surface area contributed by atoms with Crippen LogP contribution in [0.4, 0.5) is 4.39 Å². The fourth-order valence-corrected chi connectivity index (χ4v) is 4.39. The van der Waals surface area contributed by atoms with Gasteiger partial charge < -0.3 is 10.4 Å². The summed E-state index contributed by atoms with van der Waals surface area (Å²) in [6.07, 6.45) is 4.47. The molecule has 0 bridgehead atoms. The van der Waals surface area contributed by atoms with Crippen molar-refractivity contribution < 1.29 is 14.3 Å². The van der Waals surface area contributed by atoms with Crippen molar-refractivity contribution in [3.63, 3.8) is 0 Å². The van der Waals surface area contributed by atoms with E-state index in [1.54, 1.807) is 23.5 Å². The minimum absolute atomic E-state index is 0.154. The highest BCUT2D eigenvalue weighted by Crippen LogP contribution is 2.34. The number of halogens is 1. The van der Waals surface area contributed by atoms with Gasteiger partial charge in [0.2, 0.25) is 0 Å². The zero-order valence-electron chi connectivity index (χ0n) is 15.1. The number of rotatable bonds is 9. The van der Waals surface area contributed by atoms with Crippen LogP contribution in [0.2, 0.25) is 0 Å². The average molecular weight is 389 g/mol. The molecular weight excluding hydrogens is 365 g/mol. The number of benzene rings is 1. The predicted molar refractivity (Wildman–Crippen MR) is 103 cm³/mol. The van der Waals surface area contributed by atoms with Gasteiger partial charge in [-0.05, 0) is 55.9 Å². The van der Waals surface area contributed by atoms with E-state index in [0.717, 1.165) is 35.7 Å². The molecule has 2 saturated carbocycles. The van der Waals surface area contributed by atoms with Crippen molar-refractivity contribution in [3.05, 3.63) is 41.2 Å². The number of nitrogens with zero attached hydrogens (tertiary/aromatic N) is 2. The van der Waals surface area contributed by atoms with E-state index < -0.39 is 5.97 Å². The zero-order chi connectivity index (χ0) is 18.8. The second-order valence-electron chi connectivity index (χ2n) is 7.62. The second kappa shape index (κ2) is 8.04. The molecule has 1 heterocycles. The molecule has 7 heteroatoms. The van der Waals surface area contributed by atoms with E-state index in [2.05, 4.69) is 15.2 Å². The van der Waals surface area contributed by atoms with Gasteiger partial charge in [-0.3, -0.25) is 9.69 Å². The molecule has 2 fully saturated rings. The number of thiazole rings is 1. The Balaban J connectivity index is 1.24. The van der Waals surface area contributed by atoms with Crippen LogP contribution >= 0.6 is 11.3 Å². The molecule has 27 heavy (non-hydrogen) atoms. The average Bonchev–Trinajstić information content (AvgIpc) is 3.28. The first-order valence-electron chi connectivity index (χ1n) is 9.46. The lowest BCUT2D eigenvalue weighted by atomic mass is 9.85. The lowest BCUT2D eigenvalue weighted by Gasteiger charge is -2.43. The van der Waals surface area contributed by atoms with Crippen molar-refractivity contribution in [2.24, 2.45) is 5.92 Å². The normalized spacial score (nSPS) is 22.0. The van der Waals surface area contributed by atoms with Crippen molar-refractivity contribution >= 4 is 17.3 Å². The second-order valence-corrected chi connectivity index (χ2v) is 8.48. The van der Waals surface area contributed by atoms with Crippen LogP contribution in [0.5, 0.6) is 0 Å². The van der Waals surface area contributed by atoms with Gasteiger partial charge in [0.25, 0.3) is 0 Å². The van der Waals surface area contributed by atoms with Crippen molar-refractivity contribution in [2.45, 2.75) is 44.3 Å². The van der Waals surface area contributed by atoms with E-state index in [4.69, 9.17) is 5.11 Å². The summed E-state index contributed by atoms with van der Waals surface area (Å²) in [6.45, 7) is 1.79. The van der Waals surface area contributed by atoms with Gasteiger partial charge in [-0.25, -0.2) is 9.37 Å². The standard InChI is InChI=1S/C20H24FN3O2S/c21-15-5-3-14(4-6-15)20-23-17(12-27-20)9-22-16-7-18(8-16)24(11-19(25)26)10-13-1-2-13/h3-6,12-13,16,18,22H,1-2,7-11H2,(H,25,26). The number of carboxylic acid groups (broad SMARTS) is 1. The number of carboxylic acids is 1. The van der Waals surface area contributed by atoms with Crippen molar-refractivity contribution in [3.8, 4) is 10.6 Å². The van der Waals surface area contributed by atoms with Gasteiger partial charge in [-0.2, -0.15) is 0 Å². The third-order valence-electron chi connectivity index (χ3n) is 5.37. The van der Waals surface area contributed by atoms with Gasteiger partial charge in [-0.15, -0.1) is 11.3 Å². The molecule has 1 aromatic heterocycles. The molecule has 0 saturated heterocycles. The summed E-state index contributed by atoms with van der Waals surface area (Å²) in [6, 6.07) is 7.20. The van der Waals surface area contributed by atoms with Crippen LogP contribution < -0.4 is 5.32 Å². The molecule has 0 radical (unpaired) electrons. The molecule has 2 N–H and O–H groups in total. The summed E-state index contributed by atoms with van der Waals surface area (Å²) < 4.78 is 13.0. The number of aromatic nitrogens is 1. The SMILES string of the molecule is O=C(O)CN(CC1CC1)C1CC(NCc2csc(-c3ccc(F)cc3)n2)C1. The Morgan fingerprint density at radius 1 is 1.30 bits per heavy atom. The van der Waals surface area contributed by atoms with E-state index in [0.29, 0.717) is 24.5 Å². The highest BCUT2D eigenvalue weighted by atomic mass is 32.1. The molecule has 0 unspecified atom stereocenters. The Bertz CT molecular complexity index is 785. The molecule has 0 atom stereocenters. The quantitative estimate of drug-likeness (QED) is 0.688. The summed E-state index contributed by atoms with van der Waals surface area (Å²) in [5.41, 5.74) is 1.92. The van der Waals surface area contributed by atoms with Gasteiger partial charge in [0.15, 0.2) is 0 Å². The molecular formula is C20H24FN3O2S. The summed E-state index contributed by atoms with van der Waals surface area (Å²) in [7, 11) is 0. The van der Waals surface area contributed by atoms with Crippen LogP contribution in [0.25, 0.3) is 10.6 Å². The van der Waals surface area contributed by atoms with E-state index in [1.165, 1.54) is 25.0 Å². The largest absolute Gasteiger partial charge is 0.480 e. The summed E-state index contributed by atoms with van der Waals surface area (Å²) in [5, 5.41) is 15.6. The number of carbonyl (C=O) groups is 1. The molecule has 2 aliphatic carbocycles. The van der Waals surface area contributed by atoms with Crippen LogP contribution in [0, 0.1) is 11.7 Å². The summed E-state index contributed by atoms with van der Waals surface area (Å²) in [5.74, 6) is -0.269. The first-order chi connectivity index (χ1) is 13.1. The summed E-state index contributed by atoms with van der Waals surface area (Å²) in [4.78, 5) is 17.9. The van der Waals surface area contributed by atoms with Gasteiger partial charge in [0.1, 0.15) is 10.8 Å². The Kier molecular flexibility index (Phi) is 5.52. The monoisotopic (exact) mass is 389 g/mol. The van der Waals surface area contributed by atoms with E-state index in [1.807, 2.05) is 5.38 Å². The van der Waals surface area contributed by atoms with Crippen LogP contribution in [0.3, 0.4) is 0 Å². The molecule has 5 nitrogen and oxygen atoms in total. The Morgan fingerprint density at radius 3 is 2.70 bits per heavy atom. The first kappa shape index (κ1) is 18.5. The molecule has 0 spiro atoms. The van der Waals surface area contributed by atoms with Crippen LogP contribution in [-0.2, 0) is 11.3 Å². The number of hydrogen-bond donors (Lipinski definition) is 2. The Labute approximate surface area is 162 Å². The maximum absolute atomic E-state index is 13.0. The Morgan fingerprint density at radius 2 is 2.04 bits per heavy atom. The molecule has 144 valence electrons. The van der Waals surface area contributed by atoms with Gasteiger partial charge in [-0.1, -0.05) is 0 Å². The lowest BCUT2D eigenvalue weighted by Crippen LogP contribution is -2.54. The number of nitrogens with one attached hydrogen (secondary N) is 1. The van der Waals surface area contributed by atoms with Crippen LogP contribution in [0.1, 0.15) is 31.4 Å². The zero-order valence-corrected chi connectivity index (χ0v) is 15.9. The van der Waals surface area contributed by atoms with E-state index in [9.17, 15) is 9.18 Å². The number of aliphatic carboxylic acids is 1. The van der Waals surface area contributed by atoms with Crippen molar-refractivity contribution in [1.82, 2.24) is 15.2 Å².